The third-order valence-corrected chi connectivity index (χ3v) is 5.26. The summed E-state index contributed by atoms with van der Waals surface area (Å²) in [7, 11) is 0. The van der Waals surface area contributed by atoms with Crippen molar-refractivity contribution in [2.24, 2.45) is 0 Å². The second-order valence-electron chi connectivity index (χ2n) is 6.42. The van der Waals surface area contributed by atoms with E-state index in [0.29, 0.717) is 32.8 Å². The van der Waals surface area contributed by atoms with Gasteiger partial charge in [0.1, 0.15) is 0 Å². The van der Waals surface area contributed by atoms with Crippen LogP contribution in [0.2, 0.25) is 0 Å². The van der Waals surface area contributed by atoms with Crippen molar-refractivity contribution in [3.05, 3.63) is 34.5 Å². The molecule has 2 aromatic heterocycles. The Hall–Kier alpha value is -3.48. The molecular formula is C18H22N6O6S. The average Bonchev–Trinajstić information content (AvgIpc) is 3.30. The number of nitrogen functional groups attached to an aromatic ring is 1. The van der Waals surface area contributed by atoms with Gasteiger partial charge >= 0.3 is 6.09 Å². The Balaban J connectivity index is 1.54. The van der Waals surface area contributed by atoms with Crippen LogP contribution in [-0.2, 0) is 9.53 Å². The normalized spacial score (nSPS) is 13.7. The zero-order chi connectivity index (χ0) is 22.4. The molecule has 4 N–H and O–H groups in total. The monoisotopic (exact) mass is 450 g/mol. The van der Waals surface area contributed by atoms with Gasteiger partial charge in [-0.15, -0.1) is 0 Å². The van der Waals surface area contributed by atoms with Gasteiger partial charge in [-0.05, 0) is 19.1 Å². The van der Waals surface area contributed by atoms with E-state index in [0.717, 1.165) is 11.8 Å². The standard InChI is InChI=1S/C18H22N6O6S/c1-2-29-18(28)24-7-5-23(6-8-24)12(25)10-31-17-21-14(19)13(16(27)22-17)20-15(26)11-4-3-9-30-11/h3-4,9H,2,5-8,10H2,1H3,(H,20,26)(H3,19,21,22,27). The topological polar surface area (TPSA) is 164 Å². The fraction of sp³-hybridized carbons (Fsp3) is 0.389. The first-order chi connectivity index (χ1) is 14.9. The summed E-state index contributed by atoms with van der Waals surface area (Å²) in [4.78, 5) is 58.2. The molecule has 0 saturated carbocycles. The van der Waals surface area contributed by atoms with E-state index in [2.05, 4.69) is 15.3 Å². The lowest BCUT2D eigenvalue weighted by Gasteiger charge is -2.34. The predicted octanol–water partition coefficient (Wildman–Crippen LogP) is 0.590. The van der Waals surface area contributed by atoms with Crippen molar-refractivity contribution in [2.75, 3.05) is 49.6 Å². The van der Waals surface area contributed by atoms with Gasteiger partial charge < -0.3 is 30.0 Å². The molecule has 1 aliphatic rings. The van der Waals surface area contributed by atoms with Gasteiger partial charge in [-0.2, -0.15) is 0 Å². The maximum Gasteiger partial charge on any atom is 0.409 e. The number of hydrogen-bond donors (Lipinski definition) is 3. The fourth-order valence-corrected chi connectivity index (χ4v) is 3.59. The van der Waals surface area contributed by atoms with Crippen LogP contribution in [0.5, 0.6) is 0 Å². The Morgan fingerprint density at radius 2 is 2.00 bits per heavy atom. The molecule has 3 amide bonds. The molecule has 0 aromatic carbocycles. The zero-order valence-corrected chi connectivity index (χ0v) is 17.6. The van der Waals surface area contributed by atoms with E-state index >= 15 is 0 Å². The first kappa shape index (κ1) is 22.2. The molecule has 1 fully saturated rings. The van der Waals surface area contributed by atoms with Crippen molar-refractivity contribution in [2.45, 2.75) is 12.1 Å². The molecule has 0 aliphatic carbocycles. The summed E-state index contributed by atoms with van der Waals surface area (Å²) in [6.07, 6.45) is 0.939. The van der Waals surface area contributed by atoms with Crippen molar-refractivity contribution >= 4 is 41.2 Å². The molecule has 31 heavy (non-hydrogen) atoms. The molecule has 1 saturated heterocycles. The van der Waals surface area contributed by atoms with E-state index in [1.54, 1.807) is 16.7 Å². The number of anilines is 2. The van der Waals surface area contributed by atoms with Crippen LogP contribution in [0.1, 0.15) is 17.5 Å². The van der Waals surface area contributed by atoms with Crippen LogP contribution in [0.25, 0.3) is 0 Å². The van der Waals surface area contributed by atoms with Gasteiger partial charge in [0, 0.05) is 26.2 Å². The van der Waals surface area contributed by atoms with Gasteiger partial charge in [-0.3, -0.25) is 19.4 Å². The molecule has 166 valence electrons. The summed E-state index contributed by atoms with van der Waals surface area (Å²) in [6.45, 7) is 3.60. The van der Waals surface area contributed by atoms with Gasteiger partial charge in [0.25, 0.3) is 11.5 Å². The molecule has 2 aromatic rings. The van der Waals surface area contributed by atoms with Crippen LogP contribution < -0.4 is 16.6 Å². The lowest BCUT2D eigenvalue weighted by molar-refractivity contribution is -0.129. The van der Waals surface area contributed by atoms with E-state index in [1.807, 2.05) is 0 Å². The number of rotatable bonds is 6. The molecule has 0 spiro atoms. The molecule has 13 heteroatoms. The Morgan fingerprint density at radius 1 is 1.29 bits per heavy atom. The van der Waals surface area contributed by atoms with E-state index in [1.165, 1.54) is 18.4 Å². The molecule has 0 bridgehead atoms. The first-order valence-electron chi connectivity index (χ1n) is 9.46. The molecule has 0 radical (unpaired) electrons. The molecule has 3 rings (SSSR count). The van der Waals surface area contributed by atoms with Crippen molar-refractivity contribution in [1.82, 2.24) is 19.8 Å². The Labute approximate surface area is 181 Å². The van der Waals surface area contributed by atoms with Gasteiger partial charge in [0.2, 0.25) is 5.91 Å². The molecule has 1 aliphatic heterocycles. The molecule has 3 heterocycles. The third kappa shape index (κ3) is 5.57. The molecule has 0 unspecified atom stereocenters. The van der Waals surface area contributed by atoms with Crippen LogP contribution in [-0.4, -0.2) is 76.2 Å². The van der Waals surface area contributed by atoms with Gasteiger partial charge in [-0.25, -0.2) is 9.78 Å². The number of carbonyl (C=O) groups excluding carboxylic acids is 3. The minimum Gasteiger partial charge on any atom is -0.459 e. The second-order valence-corrected chi connectivity index (χ2v) is 7.38. The second kappa shape index (κ2) is 10.0. The number of nitrogens with two attached hydrogens (primary N) is 1. The lowest BCUT2D eigenvalue weighted by Crippen LogP contribution is -2.51. The summed E-state index contributed by atoms with van der Waals surface area (Å²) in [6, 6.07) is 2.98. The Morgan fingerprint density at radius 3 is 2.61 bits per heavy atom. The number of amides is 3. The summed E-state index contributed by atoms with van der Waals surface area (Å²) < 4.78 is 9.92. The van der Waals surface area contributed by atoms with E-state index < -0.39 is 11.5 Å². The van der Waals surface area contributed by atoms with Crippen LogP contribution in [0, 0.1) is 0 Å². The minimum atomic E-state index is -0.648. The highest BCUT2D eigenvalue weighted by Gasteiger charge is 2.25. The van der Waals surface area contributed by atoms with Crippen LogP contribution >= 0.6 is 11.8 Å². The number of thioether (sulfide) groups is 1. The number of nitrogens with one attached hydrogen (secondary N) is 2. The first-order valence-corrected chi connectivity index (χ1v) is 10.4. The minimum absolute atomic E-state index is 0.0194. The van der Waals surface area contributed by atoms with Gasteiger partial charge in [-0.1, -0.05) is 11.8 Å². The fourth-order valence-electron chi connectivity index (χ4n) is 2.82. The number of nitrogens with zero attached hydrogens (tertiary/aromatic N) is 3. The van der Waals surface area contributed by atoms with Crippen LogP contribution in [0.4, 0.5) is 16.3 Å². The number of aromatic nitrogens is 2. The van der Waals surface area contributed by atoms with Gasteiger partial charge in [0.15, 0.2) is 22.4 Å². The van der Waals surface area contributed by atoms with Crippen molar-refractivity contribution in [1.29, 1.82) is 0 Å². The number of piperazine rings is 1. The van der Waals surface area contributed by atoms with Crippen LogP contribution in [0.15, 0.2) is 32.8 Å². The van der Waals surface area contributed by atoms with E-state index in [9.17, 15) is 19.2 Å². The predicted molar refractivity (Wildman–Crippen MR) is 112 cm³/mol. The highest BCUT2D eigenvalue weighted by Crippen LogP contribution is 2.18. The average molecular weight is 450 g/mol. The van der Waals surface area contributed by atoms with E-state index in [4.69, 9.17) is 14.9 Å². The number of aromatic amines is 1. The summed E-state index contributed by atoms with van der Waals surface area (Å²) in [5, 5.41) is 2.51. The van der Waals surface area contributed by atoms with Gasteiger partial charge in [0.05, 0.1) is 18.6 Å². The molecule has 12 nitrogen and oxygen atoms in total. The largest absolute Gasteiger partial charge is 0.459 e. The quantitative estimate of drug-likeness (QED) is 0.422. The SMILES string of the molecule is CCOC(=O)N1CCN(C(=O)CSc2nc(N)c(NC(=O)c3ccco3)c(=O)[nH]2)CC1. The highest BCUT2D eigenvalue weighted by atomic mass is 32.2. The maximum absolute atomic E-state index is 12.4. The number of furan rings is 1. The Bertz CT molecular complexity index is 999. The van der Waals surface area contributed by atoms with E-state index in [-0.39, 0.29) is 40.2 Å². The Kier molecular flexibility index (Phi) is 7.18. The summed E-state index contributed by atoms with van der Waals surface area (Å²) in [5.41, 5.74) is 4.96. The van der Waals surface area contributed by atoms with Crippen LogP contribution in [0.3, 0.4) is 0 Å². The molecule has 0 atom stereocenters. The highest BCUT2D eigenvalue weighted by molar-refractivity contribution is 7.99. The number of hydrogen-bond acceptors (Lipinski definition) is 9. The number of carbonyl (C=O) groups is 3. The van der Waals surface area contributed by atoms with Crippen molar-refractivity contribution in [3.8, 4) is 0 Å². The van der Waals surface area contributed by atoms with Crippen molar-refractivity contribution in [3.63, 3.8) is 0 Å². The molecular weight excluding hydrogens is 428 g/mol. The van der Waals surface area contributed by atoms with Crippen molar-refractivity contribution < 1.29 is 23.5 Å². The summed E-state index contributed by atoms with van der Waals surface area (Å²) in [5.74, 6) is -0.932. The third-order valence-electron chi connectivity index (χ3n) is 4.40. The maximum atomic E-state index is 12.4. The summed E-state index contributed by atoms with van der Waals surface area (Å²) >= 11 is 1.02. The smallest absolute Gasteiger partial charge is 0.409 e. The zero-order valence-electron chi connectivity index (χ0n) is 16.8. The number of H-pyrrole nitrogens is 1. The lowest BCUT2D eigenvalue weighted by atomic mass is 10.3. The number of ether oxygens (including phenoxy) is 1.